The number of fused-ring (bicyclic) bond motifs is 1. The first-order chi connectivity index (χ1) is 17.0. The summed E-state index contributed by atoms with van der Waals surface area (Å²) in [5.74, 6) is 1.89. The van der Waals surface area contributed by atoms with E-state index in [1.807, 2.05) is 24.4 Å². The Balaban J connectivity index is 1.19. The van der Waals surface area contributed by atoms with Crippen LogP contribution in [0.4, 0.5) is 0 Å². The van der Waals surface area contributed by atoms with Gasteiger partial charge in [-0.05, 0) is 67.6 Å². The summed E-state index contributed by atoms with van der Waals surface area (Å²) < 4.78 is 5.50. The first-order valence-corrected chi connectivity index (χ1v) is 14.4. The number of hydrogen-bond donors (Lipinski definition) is 0. The van der Waals surface area contributed by atoms with Gasteiger partial charge in [0.25, 0.3) is 0 Å². The van der Waals surface area contributed by atoms with Crippen molar-refractivity contribution < 1.29 is 14.3 Å². The second kappa shape index (κ2) is 12.2. The van der Waals surface area contributed by atoms with E-state index in [-0.39, 0.29) is 11.4 Å². The lowest BCUT2D eigenvalue weighted by molar-refractivity contribution is -0.144. The molecule has 0 N–H and O–H groups in total. The predicted molar refractivity (Wildman–Crippen MR) is 142 cm³/mol. The minimum absolute atomic E-state index is 0.108. The summed E-state index contributed by atoms with van der Waals surface area (Å²) in [4.78, 5) is 29.9. The molecule has 2 aromatic rings. The molecule has 0 aliphatic heterocycles. The van der Waals surface area contributed by atoms with Gasteiger partial charge in [-0.2, -0.15) is 0 Å². The molecule has 35 heavy (non-hydrogen) atoms. The van der Waals surface area contributed by atoms with Crippen LogP contribution < -0.4 is 0 Å². The van der Waals surface area contributed by atoms with Gasteiger partial charge in [-0.15, -0.1) is 11.8 Å². The van der Waals surface area contributed by atoms with E-state index in [4.69, 9.17) is 4.74 Å². The quantitative estimate of drug-likeness (QED) is 0.241. The zero-order chi connectivity index (χ0) is 24.7. The highest BCUT2D eigenvalue weighted by Crippen LogP contribution is 2.50. The molecule has 1 aromatic heterocycles. The van der Waals surface area contributed by atoms with Crippen LogP contribution in [0.2, 0.25) is 0 Å². The molecule has 0 bridgehead atoms. The number of benzene rings is 1. The second-order valence-corrected chi connectivity index (χ2v) is 11.5. The van der Waals surface area contributed by atoms with E-state index in [0.717, 1.165) is 55.5 Å². The van der Waals surface area contributed by atoms with Crippen LogP contribution >= 0.6 is 11.8 Å². The number of thioether (sulfide) groups is 1. The van der Waals surface area contributed by atoms with Crippen molar-refractivity contribution in [2.24, 2.45) is 11.3 Å². The average molecular weight is 494 g/mol. The normalized spacial score (nSPS) is 22.2. The third kappa shape index (κ3) is 6.35. The molecule has 2 aliphatic carbocycles. The number of pyridine rings is 1. The van der Waals surface area contributed by atoms with Gasteiger partial charge in [0.2, 0.25) is 0 Å². The fraction of sp³-hybridized carbons (Fsp3) is 0.567. The molecule has 4 rings (SSSR count). The van der Waals surface area contributed by atoms with Crippen molar-refractivity contribution >= 4 is 23.5 Å². The Hall–Kier alpha value is -2.14. The van der Waals surface area contributed by atoms with Gasteiger partial charge >= 0.3 is 5.97 Å². The SMILES string of the molecule is CCCCC(CC)COC(=O)CCSc1ccc(C2CCC3(CC2)Cc2ccccc2C3=O)cn1. The summed E-state index contributed by atoms with van der Waals surface area (Å²) >= 11 is 1.61. The zero-order valence-corrected chi connectivity index (χ0v) is 22.1. The van der Waals surface area contributed by atoms with Gasteiger partial charge < -0.3 is 4.74 Å². The summed E-state index contributed by atoms with van der Waals surface area (Å²) in [5, 5.41) is 0.949. The van der Waals surface area contributed by atoms with E-state index < -0.39 is 0 Å². The molecular formula is C30H39NO3S. The Bertz CT molecular complexity index is 995. The average Bonchev–Trinajstić information content (AvgIpc) is 3.16. The molecule has 1 fully saturated rings. The van der Waals surface area contributed by atoms with Gasteiger partial charge in [0, 0.05) is 22.9 Å². The van der Waals surface area contributed by atoms with Crippen LogP contribution in [0.1, 0.15) is 99.0 Å². The number of carbonyl (C=O) groups excluding carboxylic acids is 2. The standard InChI is InChI=1S/C30H39NO3S/c1-3-5-8-22(4-2)21-34-28(32)15-18-35-27-12-11-25(20-31-27)23-13-16-30(17-14-23)19-24-9-6-7-10-26(24)29(30)33/h6-7,9-12,20,22-23H,3-5,8,13-19,21H2,1-2H3. The monoisotopic (exact) mass is 493 g/mol. The van der Waals surface area contributed by atoms with Crippen molar-refractivity contribution in [3.05, 3.63) is 59.3 Å². The number of aromatic nitrogens is 1. The van der Waals surface area contributed by atoms with Crippen molar-refractivity contribution in [1.82, 2.24) is 4.98 Å². The summed E-state index contributed by atoms with van der Waals surface area (Å²) in [6.45, 7) is 4.91. The van der Waals surface area contributed by atoms with E-state index in [2.05, 4.69) is 37.0 Å². The first kappa shape index (κ1) is 25.9. The molecule has 1 spiro atoms. The molecule has 1 saturated carbocycles. The Morgan fingerprint density at radius 1 is 1.17 bits per heavy atom. The summed E-state index contributed by atoms with van der Waals surface area (Å²) in [5.41, 5.74) is 3.26. The van der Waals surface area contributed by atoms with Gasteiger partial charge in [0.1, 0.15) is 0 Å². The van der Waals surface area contributed by atoms with E-state index in [1.165, 1.54) is 24.0 Å². The molecule has 1 atom stereocenters. The van der Waals surface area contributed by atoms with Crippen molar-refractivity contribution in [2.75, 3.05) is 12.4 Å². The number of ketones is 1. The molecule has 0 amide bonds. The van der Waals surface area contributed by atoms with E-state index in [0.29, 0.717) is 36.4 Å². The number of rotatable bonds is 11. The lowest BCUT2D eigenvalue weighted by Gasteiger charge is -2.36. The van der Waals surface area contributed by atoms with Crippen LogP contribution in [0.15, 0.2) is 47.6 Å². The van der Waals surface area contributed by atoms with Crippen molar-refractivity contribution in [1.29, 1.82) is 0 Å². The molecule has 0 radical (unpaired) electrons. The Kier molecular flexibility index (Phi) is 9.04. The second-order valence-electron chi connectivity index (χ2n) is 10.3. The largest absolute Gasteiger partial charge is 0.465 e. The fourth-order valence-corrected chi connectivity index (χ4v) is 6.44. The molecule has 1 aromatic carbocycles. The maximum Gasteiger partial charge on any atom is 0.306 e. The zero-order valence-electron chi connectivity index (χ0n) is 21.3. The molecule has 0 saturated heterocycles. The lowest BCUT2D eigenvalue weighted by Crippen LogP contribution is -2.32. The Morgan fingerprint density at radius 3 is 2.66 bits per heavy atom. The van der Waals surface area contributed by atoms with E-state index >= 15 is 0 Å². The maximum atomic E-state index is 13.1. The van der Waals surface area contributed by atoms with E-state index in [9.17, 15) is 9.59 Å². The van der Waals surface area contributed by atoms with Gasteiger partial charge in [0.05, 0.1) is 18.1 Å². The highest BCUT2D eigenvalue weighted by molar-refractivity contribution is 7.99. The first-order valence-electron chi connectivity index (χ1n) is 13.4. The predicted octanol–water partition coefficient (Wildman–Crippen LogP) is 7.41. The fourth-order valence-electron chi connectivity index (χ4n) is 5.67. The lowest BCUT2D eigenvalue weighted by atomic mass is 9.67. The molecule has 1 unspecified atom stereocenters. The van der Waals surface area contributed by atoms with Gasteiger partial charge in [0.15, 0.2) is 5.78 Å². The van der Waals surface area contributed by atoms with Crippen molar-refractivity contribution in [3.8, 4) is 0 Å². The summed E-state index contributed by atoms with van der Waals surface area (Å²) in [6.07, 6.45) is 11.9. The van der Waals surface area contributed by atoms with Crippen LogP contribution in [0.25, 0.3) is 0 Å². The van der Waals surface area contributed by atoms with Gasteiger partial charge in [-0.1, -0.05) is 63.4 Å². The highest BCUT2D eigenvalue weighted by Gasteiger charge is 2.47. The minimum Gasteiger partial charge on any atom is -0.465 e. The molecule has 4 nitrogen and oxygen atoms in total. The summed E-state index contributed by atoms with van der Waals surface area (Å²) in [7, 11) is 0. The van der Waals surface area contributed by atoms with Crippen LogP contribution in [-0.2, 0) is 16.0 Å². The van der Waals surface area contributed by atoms with Crippen molar-refractivity contribution in [3.63, 3.8) is 0 Å². The topological polar surface area (TPSA) is 56.3 Å². The number of Topliss-reactive ketones (excluding diaryl/α,β-unsaturated/α-hetero) is 1. The molecule has 1 heterocycles. The molecule has 2 aliphatic rings. The number of hydrogen-bond acceptors (Lipinski definition) is 5. The van der Waals surface area contributed by atoms with E-state index in [1.54, 1.807) is 11.8 Å². The van der Waals surface area contributed by atoms with Crippen LogP contribution in [0.3, 0.4) is 0 Å². The molecule has 188 valence electrons. The number of unbranched alkanes of at least 4 members (excludes halogenated alkanes) is 1. The van der Waals surface area contributed by atoms with Crippen LogP contribution in [-0.4, -0.2) is 29.1 Å². The molecular weight excluding hydrogens is 454 g/mol. The van der Waals surface area contributed by atoms with Gasteiger partial charge in [-0.25, -0.2) is 4.98 Å². The number of ether oxygens (including phenoxy) is 1. The Morgan fingerprint density at radius 2 is 1.97 bits per heavy atom. The number of carbonyl (C=O) groups is 2. The smallest absolute Gasteiger partial charge is 0.306 e. The Labute approximate surface area is 214 Å². The number of esters is 1. The summed E-state index contributed by atoms with van der Waals surface area (Å²) in [6, 6.07) is 12.4. The number of nitrogens with zero attached hydrogens (tertiary/aromatic N) is 1. The third-order valence-electron chi connectivity index (χ3n) is 8.03. The van der Waals surface area contributed by atoms with Gasteiger partial charge in [-0.3, -0.25) is 9.59 Å². The highest BCUT2D eigenvalue weighted by atomic mass is 32.2. The third-order valence-corrected chi connectivity index (χ3v) is 8.97. The molecule has 5 heteroatoms. The maximum absolute atomic E-state index is 13.1. The van der Waals surface area contributed by atoms with Crippen LogP contribution in [0, 0.1) is 11.3 Å². The van der Waals surface area contributed by atoms with Crippen molar-refractivity contribution in [2.45, 2.75) is 89.0 Å². The minimum atomic E-state index is -0.175. The van der Waals surface area contributed by atoms with Crippen LogP contribution in [0.5, 0.6) is 0 Å².